The molecule has 2 N–H and O–H groups in total. The molecule has 0 amide bonds. The van der Waals surface area contributed by atoms with Gasteiger partial charge in [-0.3, -0.25) is 0 Å². The van der Waals surface area contributed by atoms with Gasteiger partial charge in [-0.1, -0.05) is 13.0 Å². The van der Waals surface area contributed by atoms with Gasteiger partial charge in [0.15, 0.2) is 0 Å². The van der Waals surface area contributed by atoms with Crippen LogP contribution in [0.3, 0.4) is 0 Å². The Morgan fingerprint density at radius 1 is 1.47 bits per heavy atom. The summed E-state index contributed by atoms with van der Waals surface area (Å²) in [5.74, 6) is 0.716. The second-order valence-corrected chi connectivity index (χ2v) is 5.20. The fourth-order valence-electron chi connectivity index (χ4n) is 1.35. The summed E-state index contributed by atoms with van der Waals surface area (Å²) in [7, 11) is 0. The lowest BCUT2D eigenvalue weighted by molar-refractivity contribution is 0.626. The van der Waals surface area contributed by atoms with E-state index >= 15 is 0 Å². The van der Waals surface area contributed by atoms with E-state index in [1.165, 1.54) is 6.07 Å². The van der Waals surface area contributed by atoms with E-state index in [4.69, 9.17) is 5.73 Å². The van der Waals surface area contributed by atoms with Gasteiger partial charge in [0.25, 0.3) is 0 Å². The minimum Gasteiger partial charge on any atom is -0.330 e. The Bertz CT molecular complexity index is 314. The van der Waals surface area contributed by atoms with E-state index in [1.54, 1.807) is 6.07 Å². The number of hydrogen-bond acceptors (Lipinski definition) is 2. The van der Waals surface area contributed by atoms with Gasteiger partial charge in [0, 0.05) is 11.0 Å². The minimum atomic E-state index is -0.150. The highest BCUT2D eigenvalue weighted by Gasteiger charge is 2.04. The fourth-order valence-corrected chi connectivity index (χ4v) is 2.42. The summed E-state index contributed by atoms with van der Waals surface area (Å²) >= 11 is 1.83. The van der Waals surface area contributed by atoms with Crippen LogP contribution in [0, 0.1) is 12.7 Å². The molecular formula is C12H18FNS. The summed E-state index contributed by atoms with van der Waals surface area (Å²) in [5.41, 5.74) is 7.72. The Kier molecular flexibility index (Phi) is 5.12. The monoisotopic (exact) mass is 227 g/mol. The number of aryl methyl sites for hydroxylation is 1. The molecule has 0 spiro atoms. The molecule has 0 bridgehead atoms. The average Bonchev–Trinajstić information content (AvgIpc) is 2.20. The number of rotatable bonds is 5. The van der Waals surface area contributed by atoms with Crippen molar-refractivity contribution in [2.45, 2.75) is 31.3 Å². The second-order valence-electron chi connectivity index (χ2n) is 3.77. The zero-order chi connectivity index (χ0) is 11.3. The van der Waals surface area contributed by atoms with Gasteiger partial charge in [0.2, 0.25) is 0 Å². The van der Waals surface area contributed by atoms with Gasteiger partial charge in [0.1, 0.15) is 5.82 Å². The van der Waals surface area contributed by atoms with Crippen LogP contribution in [0.4, 0.5) is 4.39 Å². The van der Waals surface area contributed by atoms with Gasteiger partial charge >= 0.3 is 0 Å². The van der Waals surface area contributed by atoms with Gasteiger partial charge in [-0.25, -0.2) is 4.39 Å². The van der Waals surface area contributed by atoms with Crippen molar-refractivity contribution in [2.75, 3.05) is 6.54 Å². The number of hydrogen-bond donors (Lipinski definition) is 1. The Hall–Kier alpha value is -0.540. The maximum absolute atomic E-state index is 13.0. The zero-order valence-corrected chi connectivity index (χ0v) is 10.1. The van der Waals surface area contributed by atoms with Crippen LogP contribution >= 0.6 is 11.8 Å². The Morgan fingerprint density at radius 3 is 2.87 bits per heavy atom. The van der Waals surface area contributed by atoms with Crippen LogP contribution < -0.4 is 5.73 Å². The predicted octanol–water partition coefficient (Wildman–Crippen LogP) is 3.10. The van der Waals surface area contributed by atoms with Gasteiger partial charge < -0.3 is 5.73 Å². The standard InChI is InChI=1S/C12H18FNS/c1-9-3-4-12(13)7-11(9)8-15-10(2)5-6-14/h3-4,7,10H,5-6,8,14H2,1-2H3. The maximum atomic E-state index is 13.0. The van der Waals surface area contributed by atoms with Crippen LogP contribution in [-0.4, -0.2) is 11.8 Å². The largest absolute Gasteiger partial charge is 0.330 e. The highest BCUT2D eigenvalue weighted by molar-refractivity contribution is 7.99. The van der Waals surface area contributed by atoms with E-state index in [2.05, 4.69) is 6.92 Å². The second kappa shape index (κ2) is 6.13. The predicted molar refractivity (Wildman–Crippen MR) is 65.6 cm³/mol. The Labute approximate surface area is 95.2 Å². The summed E-state index contributed by atoms with van der Waals surface area (Å²) in [6, 6.07) is 4.96. The van der Waals surface area contributed by atoms with Crippen molar-refractivity contribution in [2.24, 2.45) is 5.73 Å². The third-order valence-electron chi connectivity index (χ3n) is 2.41. The molecule has 15 heavy (non-hydrogen) atoms. The zero-order valence-electron chi connectivity index (χ0n) is 9.29. The summed E-state index contributed by atoms with van der Waals surface area (Å²) in [6.07, 6.45) is 1.01. The Balaban J connectivity index is 2.53. The molecule has 0 aromatic heterocycles. The molecule has 84 valence electrons. The van der Waals surface area contributed by atoms with Gasteiger partial charge in [-0.05, 0) is 43.1 Å². The van der Waals surface area contributed by atoms with Crippen molar-refractivity contribution in [3.8, 4) is 0 Å². The van der Waals surface area contributed by atoms with E-state index in [-0.39, 0.29) is 5.82 Å². The molecule has 1 atom stereocenters. The molecular weight excluding hydrogens is 209 g/mol. The Morgan fingerprint density at radius 2 is 2.20 bits per heavy atom. The number of benzene rings is 1. The third-order valence-corrected chi connectivity index (χ3v) is 3.69. The van der Waals surface area contributed by atoms with Gasteiger partial charge in [-0.15, -0.1) is 0 Å². The molecule has 1 aromatic rings. The molecule has 0 saturated carbocycles. The summed E-state index contributed by atoms with van der Waals surface area (Å²) < 4.78 is 13.0. The van der Waals surface area contributed by atoms with Gasteiger partial charge in [0.05, 0.1) is 0 Å². The molecule has 1 nitrogen and oxygen atoms in total. The van der Waals surface area contributed by atoms with Crippen LogP contribution in [-0.2, 0) is 5.75 Å². The molecule has 3 heteroatoms. The van der Waals surface area contributed by atoms with Crippen molar-refractivity contribution in [1.29, 1.82) is 0 Å². The SMILES string of the molecule is Cc1ccc(F)cc1CSC(C)CCN. The van der Waals surface area contributed by atoms with Crippen molar-refractivity contribution >= 4 is 11.8 Å². The highest BCUT2D eigenvalue weighted by atomic mass is 32.2. The van der Waals surface area contributed by atoms with E-state index < -0.39 is 0 Å². The van der Waals surface area contributed by atoms with E-state index in [9.17, 15) is 4.39 Å². The van der Waals surface area contributed by atoms with Crippen molar-refractivity contribution < 1.29 is 4.39 Å². The van der Waals surface area contributed by atoms with Crippen LogP contribution in [0.1, 0.15) is 24.5 Å². The fraction of sp³-hybridized carbons (Fsp3) is 0.500. The first kappa shape index (κ1) is 12.5. The molecule has 0 aliphatic rings. The molecule has 0 aliphatic heterocycles. The molecule has 0 heterocycles. The first-order valence-electron chi connectivity index (χ1n) is 5.20. The molecule has 1 unspecified atom stereocenters. The van der Waals surface area contributed by atoms with Crippen LogP contribution in [0.2, 0.25) is 0 Å². The lowest BCUT2D eigenvalue weighted by Gasteiger charge is -2.11. The molecule has 1 rings (SSSR count). The van der Waals surface area contributed by atoms with E-state index in [0.29, 0.717) is 5.25 Å². The number of halogens is 1. The molecule has 1 aromatic carbocycles. The lowest BCUT2D eigenvalue weighted by atomic mass is 10.1. The minimum absolute atomic E-state index is 0.150. The number of nitrogens with two attached hydrogens (primary N) is 1. The van der Waals surface area contributed by atoms with E-state index in [0.717, 1.165) is 29.8 Å². The van der Waals surface area contributed by atoms with Crippen molar-refractivity contribution in [1.82, 2.24) is 0 Å². The summed E-state index contributed by atoms with van der Waals surface area (Å²) in [6.45, 7) is 4.89. The lowest BCUT2D eigenvalue weighted by Crippen LogP contribution is -2.07. The summed E-state index contributed by atoms with van der Waals surface area (Å²) in [4.78, 5) is 0. The van der Waals surface area contributed by atoms with Crippen LogP contribution in [0.5, 0.6) is 0 Å². The normalized spacial score (nSPS) is 12.8. The first-order chi connectivity index (χ1) is 7.13. The summed E-state index contributed by atoms with van der Waals surface area (Å²) in [5, 5.41) is 0.540. The average molecular weight is 227 g/mol. The van der Waals surface area contributed by atoms with Crippen molar-refractivity contribution in [3.63, 3.8) is 0 Å². The molecule has 0 aliphatic carbocycles. The van der Waals surface area contributed by atoms with E-state index in [1.807, 2.05) is 24.8 Å². The van der Waals surface area contributed by atoms with Crippen molar-refractivity contribution in [3.05, 3.63) is 35.1 Å². The quantitative estimate of drug-likeness (QED) is 0.836. The van der Waals surface area contributed by atoms with Gasteiger partial charge in [-0.2, -0.15) is 11.8 Å². The topological polar surface area (TPSA) is 26.0 Å². The third kappa shape index (κ3) is 4.22. The van der Waals surface area contributed by atoms with Crippen LogP contribution in [0.25, 0.3) is 0 Å². The molecule has 0 saturated heterocycles. The smallest absolute Gasteiger partial charge is 0.123 e. The number of thioether (sulfide) groups is 1. The molecule has 0 fully saturated rings. The van der Waals surface area contributed by atoms with Crippen LogP contribution in [0.15, 0.2) is 18.2 Å². The molecule has 0 radical (unpaired) electrons. The highest BCUT2D eigenvalue weighted by Crippen LogP contribution is 2.22. The first-order valence-corrected chi connectivity index (χ1v) is 6.25. The maximum Gasteiger partial charge on any atom is 0.123 e.